The molecule has 0 aromatic heterocycles. The van der Waals surface area contributed by atoms with E-state index >= 15 is 0 Å². The quantitative estimate of drug-likeness (QED) is 0.293. The van der Waals surface area contributed by atoms with Crippen molar-refractivity contribution in [1.82, 2.24) is 10.2 Å². The second-order valence-corrected chi connectivity index (χ2v) is 12.9. The third-order valence-electron chi connectivity index (χ3n) is 7.40. The SMILES string of the molecule is CC[C@H](C)NC(=O)[C@H](Cc1ccccc1)N(Cc1ccccc1C)C(=O)CN(c1ccc(C(C)C)cc1)S(C)(=O)=O. The van der Waals surface area contributed by atoms with Gasteiger partial charge in [0.25, 0.3) is 0 Å². The number of carbonyl (C=O) groups is 2. The number of hydrogen-bond acceptors (Lipinski definition) is 4. The highest BCUT2D eigenvalue weighted by molar-refractivity contribution is 7.92. The predicted octanol–water partition coefficient (Wildman–Crippen LogP) is 5.44. The molecule has 0 radical (unpaired) electrons. The third kappa shape index (κ3) is 8.92. The van der Waals surface area contributed by atoms with Crippen molar-refractivity contribution in [2.75, 3.05) is 17.1 Å². The lowest BCUT2D eigenvalue weighted by molar-refractivity contribution is -0.140. The first-order valence-electron chi connectivity index (χ1n) is 14.2. The van der Waals surface area contributed by atoms with Gasteiger partial charge in [-0.3, -0.25) is 13.9 Å². The Labute approximate surface area is 245 Å². The summed E-state index contributed by atoms with van der Waals surface area (Å²) < 4.78 is 27.1. The molecule has 0 heterocycles. The maximum absolute atomic E-state index is 14.2. The van der Waals surface area contributed by atoms with Gasteiger partial charge in [0, 0.05) is 19.0 Å². The predicted molar refractivity (Wildman–Crippen MR) is 166 cm³/mol. The number of benzene rings is 3. The fraction of sp³-hybridized carbons (Fsp3) is 0.394. The van der Waals surface area contributed by atoms with Crippen LogP contribution in [0.5, 0.6) is 0 Å². The molecular weight excluding hydrogens is 534 g/mol. The van der Waals surface area contributed by atoms with Gasteiger partial charge in [-0.05, 0) is 60.6 Å². The highest BCUT2D eigenvalue weighted by atomic mass is 32.2. The minimum absolute atomic E-state index is 0.0804. The number of anilines is 1. The molecule has 0 saturated heterocycles. The molecule has 0 spiro atoms. The standard InChI is InChI=1S/C33H43N3O4S/c1-7-26(5)34-33(38)31(21-27-14-9-8-10-15-27)35(22-29-16-12-11-13-25(29)4)32(37)23-36(41(6,39)40)30-19-17-28(18-20-30)24(2)3/h8-20,24,26,31H,7,21-23H2,1-6H3,(H,34,38)/t26-,31-/m0/s1. The summed E-state index contributed by atoms with van der Waals surface area (Å²) in [4.78, 5) is 29.5. The van der Waals surface area contributed by atoms with E-state index in [0.717, 1.165) is 39.2 Å². The molecule has 0 aliphatic carbocycles. The van der Waals surface area contributed by atoms with Crippen LogP contribution in [0.2, 0.25) is 0 Å². The Morgan fingerprint density at radius 1 is 0.878 bits per heavy atom. The maximum atomic E-state index is 14.2. The molecule has 41 heavy (non-hydrogen) atoms. The lowest BCUT2D eigenvalue weighted by Crippen LogP contribution is -2.54. The molecule has 2 atom stereocenters. The van der Waals surface area contributed by atoms with Gasteiger partial charge in [-0.1, -0.05) is 87.5 Å². The molecule has 0 aliphatic rings. The molecular formula is C33H43N3O4S. The van der Waals surface area contributed by atoms with Crippen LogP contribution in [0.25, 0.3) is 0 Å². The Balaban J connectivity index is 2.06. The highest BCUT2D eigenvalue weighted by Crippen LogP contribution is 2.24. The molecule has 3 aromatic carbocycles. The number of sulfonamides is 1. The summed E-state index contributed by atoms with van der Waals surface area (Å²) in [5, 5.41) is 3.05. The summed E-state index contributed by atoms with van der Waals surface area (Å²) >= 11 is 0. The van der Waals surface area contributed by atoms with Gasteiger partial charge in [0.2, 0.25) is 21.8 Å². The van der Waals surface area contributed by atoms with Gasteiger partial charge >= 0.3 is 0 Å². The second-order valence-electron chi connectivity index (χ2n) is 11.0. The normalized spacial score (nSPS) is 13.0. The molecule has 0 saturated carbocycles. The van der Waals surface area contributed by atoms with E-state index < -0.39 is 28.5 Å². The summed E-state index contributed by atoms with van der Waals surface area (Å²) in [6.45, 7) is 9.75. The highest BCUT2D eigenvalue weighted by Gasteiger charge is 2.33. The Bertz CT molecular complexity index is 1410. The summed E-state index contributed by atoms with van der Waals surface area (Å²) in [6, 6.07) is 23.6. The lowest BCUT2D eigenvalue weighted by atomic mass is 10.0. The molecule has 0 unspecified atom stereocenters. The van der Waals surface area contributed by atoms with E-state index in [-0.39, 0.29) is 24.4 Å². The molecule has 3 rings (SSSR count). The molecule has 220 valence electrons. The van der Waals surface area contributed by atoms with E-state index in [1.54, 1.807) is 12.1 Å². The smallest absolute Gasteiger partial charge is 0.244 e. The van der Waals surface area contributed by atoms with Crippen LogP contribution in [0.4, 0.5) is 5.69 Å². The zero-order valence-electron chi connectivity index (χ0n) is 25.0. The van der Waals surface area contributed by atoms with E-state index in [2.05, 4.69) is 19.2 Å². The Morgan fingerprint density at radius 3 is 2.05 bits per heavy atom. The van der Waals surface area contributed by atoms with Crippen molar-refractivity contribution < 1.29 is 18.0 Å². The zero-order valence-corrected chi connectivity index (χ0v) is 25.8. The van der Waals surface area contributed by atoms with Crippen molar-refractivity contribution in [3.8, 4) is 0 Å². The molecule has 0 aliphatic heterocycles. The second kappa shape index (κ2) is 14.3. The van der Waals surface area contributed by atoms with Crippen molar-refractivity contribution in [2.24, 2.45) is 0 Å². The van der Waals surface area contributed by atoms with E-state index in [4.69, 9.17) is 0 Å². The fourth-order valence-electron chi connectivity index (χ4n) is 4.61. The van der Waals surface area contributed by atoms with Gasteiger partial charge in [-0.15, -0.1) is 0 Å². The first-order valence-corrected chi connectivity index (χ1v) is 16.0. The first-order chi connectivity index (χ1) is 19.4. The van der Waals surface area contributed by atoms with Crippen LogP contribution in [0.15, 0.2) is 78.9 Å². The Kier molecular flexibility index (Phi) is 11.1. The molecule has 2 amide bonds. The monoisotopic (exact) mass is 577 g/mol. The number of hydrogen-bond donors (Lipinski definition) is 1. The van der Waals surface area contributed by atoms with Crippen molar-refractivity contribution in [3.05, 3.63) is 101 Å². The Morgan fingerprint density at radius 2 is 1.49 bits per heavy atom. The van der Waals surface area contributed by atoms with Gasteiger partial charge in [0.1, 0.15) is 12.6 Å². The van der Waals surface area contributed by atoms with Gasteiger partial charge in [-0.2, -0.15) is 0 Å². The topological polar surface area (TPSA) is 86.8 Å². The van der Waals surface area contributed by atoms with Crippen molar-refractivity contribution in [2.45, 2.75) is 72.0 Å². The third-order valence-corrected chi connectivity index (χ3v) is 8.54. The fourth-order valence-corrected chi connectivity index (χ4v) is 5.45. The molecule has 3 aromatic rings. The van der Waals surface area contributed by atoms with Crippen LogP contribution in [0.1, 0.15) is 62.3 Å². The van der Waals surface area contributed by atoms with E-state index in [1.807, 2.05) is 87.5 Å². The number of carbonyl (C=O) groups excluding carboxylic acids is 2. The summed E-state index contributed by atoms with van der Waals surface area (Å²) in [7, 11) is -3.80. The minimum Gasteiger partial charge on any atom is -0.352 e. The number of rotatable bonds is 13. The van der Waals surface area contributed by atoms with Gasteiger partial charge < -0.3 is 10.2 Å². The van der Waals surface area contributed by atoms with Crippen LogP contribution in [-0.4, -0.2) is 50.0 Å². The zero-order chi connectivity index (χ0) is 30.2. The maximum Gasteiger partial charge on any atom is 0.244 e. The van der Waals surface area contributed by atoms with Crippen molar-refractivity contribution in [1.29, 1.82) is 0 Å². The first kappa shape index (κ1) is 31.9. The van der Waals surface area contributed by atoms with E-state index in [1.165, 1.54) is 4.90 Å². The van der Waals surface area contributed by atoms with Crippen molar-refractivity contribution in [3.63, 3.8) is 0 Å². The summed E-state index contributed by atoms with van der Waals surface area (Å²) in [5.41, 5.74) is 4.26. The van der Waals surface area contributed by atoms with Crippen LogP contribution in [-0.2, 0) is 32.6 Å². The summed E-state index contributed by atoms with van der Waals surface area (Å²) in [5.74, 6) is -0.436. The van der Waals surface area contributed by atoms with E-state index in [9.17, 15) is 18.0 Å². The van der Waals surface area contributed by atoms with Gasteiger partial charge in [-0.25, -0.2) is 8.42 Å². The average molecular weight is 578 g/mol. The van der Waals surface area contributed by atoms with Crippen LogP contribution < -0.4 is 9.62 Å². The molecule has 1 N–H and O–H groups in total. The number of nitrogens with one attached hydrogen (secondary N) is 1. The molecule has 8 heteroatoms. The average Bonchev–Trinajstić information content (AvgIpc) is 2.94. The largest absolute Gasteiger partial charge is 0.352 e. The molecule has 0 bridgehead atoms. The molecule has 7 nitrogen and oxygen atoms in total. The summed E-state index contributed by atoms with van der Waals surface area (Å²) in [6.07, 6.45) is 2.13. The van der Waals surface area contributed by atoms with Crippen LogP contribution >= 0.6 is 0 Å². The van der Waals surface area contributed by atoms with E-state index in [0.29, 0.717) is 12.1 Å². The van der Waals surface area contributed by atoms with Crippen LogP contribution in [0, 0.1) is 6.92 Å². The number of amides is 2. The number of nitrogens with zero attached hydrogens (tertiary/aromatic N) is 2. The van der Waals surface area contributed by atoms with Gasteiger partial charge in [0.15, 0.2) is 0 Å². The van der Waals surface area contributed by atoms with Crippen molar-refractivity contribution >= 4 is 27.5 Å². The Hall–Kier alpha value is -3.65. The van der Waals surface area contributed by atoms with Crippen LogP contribution in [0.3, 0.4) is 0 Å². The van der Waals surface area contributed by atoms with Gasteiger partial charge in [0.05, 0.1) is 11.9 Å². The number of aryl methyl sites for hydroxylation is 1. The lowest BCUT2D eigenvalue weighted by Gasteiger charge is -2.34. The molecule has 0 fully saturated rings. The minimum atomic E-state index is -3.80.